The fourth-order valence-electron chi connectivity index (χ4n) is 1.61. The molecule has 0 atom stereocenters. The van der Waals surface area contributed by atoms with Gasteiger partial charge in [-0.3, -0.25) is 4.79 Å². The van der Waals surface area contributed by atoms with Gasteiger partial charge in [-0.25, -0.2) is 4.79 Å². The zero-order valence-corrected chi connectivity index (χ0v) is 10.6. The average molecular weight is 270 g/mol. The van der Waals surface area contributed by atoms with Gasteiger partial charge < -0.3 is 22.1 Å². The maximum Gasteiger partial charge on any atom is 0.323 e. The summed E-state index contributed by atoms with van der Waals surface area (Å²) in [5, 5.41) is 5.26. The third-order valence-corrected chi connectivity index (χ3v) is 2.57. The summed E-state index contributed by atoms with van der Waals surface area (Å²) >= 11 is 0. The monoisotopic (exact) mass is 270 g/mol. The lowest BCUT2D eigenvalue weighted by Crippen LogP contribution is -2.20. The second kappa shape index (κ2) is 5.75. The molecule has 0 saturated heterocycles. The first-order valence-corrected chi connectivity index (χ1v) is 5.88. The molecule has 0 spiro atoms. The number of benzene rings is 2. The molecule has 0 fully saturated rings. The summed E-state index contributed by atoms with van der Waals surface area (Å²) in [6.45, 7) is 0. The van der Waals surface area contributed by atoms with E-state index >= 15 is 0 Å². The molecule has 6 heteroatoms. The Morgan fingerprint density at radius 3 is 2.20 bits per heavy atom. The molecule has 0 aliphatic carbocycles. The molecule has 2 aromatic rings. The van der Waals surface area contributed by atoms with Gasteiger partial charge in [0.2, 0.25) is 5.91 Å². The van der Waals surface area contributed by atoms with Crippen LogP contribution in [0, 0.1) is 0 Å². The molecule has 6 nitrogen and oxygen atoms in total. The van der Waals surface area contributed by atoms with Gasteiger partial charge in [0.25, 0.3) is 0 Å². The van der Waals surface area contributed by atoms with Crippen LogP contribution < -0.4 is 22.1 Å². The molecule has 2 rings (SSSR count). The molecule has 20 heavy (non-hydrogen) atoms. The van der Waals surface area contributed by atoms with Crippen molar-refractivity contribution in [3.8, 4) is 0 Å². The van der Waals surface area contributed by atoms with Gasteiger partial charge in [0.1, 0.15) is 0 Å². The highest BCUT2D eigenvalue weighted by Gasteiger charge is 2.05. The summed E-state index contributed by atoms with van der Waals surface area (Å²) in [4.78, 5) is 22.8. The summed E-state index contributed by atoms with van der Waals surface area (Å²) in [7, 11) is 0. The third kappa shape index (κ3) is 3.49. The summed E-state index contributed by atoms with van der Waals surface area (Å²) in [5.74, 6) is -0.549. The van der Waals surface area contributed by atoms with Crippen molar-refractivity contribution in [3.63, 3.8) is 0 Å². The Labute approximate surface area is 115 Å². The Morgan fingerprint density at radius 1 is 0.900 bits per heavy atom. The maximum absolute atomic E-state index is 11.8. The fourth-order valence-corrected chi connectivity index (χ4v) is 1.61. The van der Waals surface area contributed by atoms with E-state index in [4.69, 9.17) is 11.5 Å². The fraction of sp³-hybridized carbons (Fsp3) is 0. The van der Waals surface area contributed by atoms with Crippen LogP contribution >= 0.6 is 0 Å². The van der Waals surface area contributed by atoms with Gasteiger partial charge in [0.05, 0.1) is 0 Å². The van der Waals surface area contributed by atoms with E-state index in [2.05, 4.69) is 10.6 Å². The minimum Gasteiger partial charge on any atom is -0.399 e. The number of urea groups is 1. The standard InChI is InChI=1S/C14H14N4O2/c15-10-4-6-11(7-5-10)17-14(20)18-12-3-1-2-9(8-12)13(16)19/h1-8H,15H2,(H2,16,19)(H2,17,18,20). The van der Waals surface area contributed by atoms with Crippen LogP contribution in [0.15, 0.2) is 48.5 Å². The zero-order valence-electron chi connectivity index (χ0n) is 10.6. The van der Waals surface area contributed by atoms with Gasteiger partial charge in [-0.1, -0.05) is 6.07 Å². The molecule has 0 radical (unpaired) electrons. The number of hydrogen-bond acceptors (Lipinski definition) is 3. The Bertz CT molecular complexity index is 638. The molecule has 0 heterocycles. The minimum atomic E-state index is -0.549. The molecule has 0 saturated carbocycles. The number of nitrogens with two attached hydrogens (primary N) is 2. The number of hydrogen-bond donors (Lipinski definition) is 4. The number of nitrogens with one attached hydrogen (secondary N) is 2. The van der Waals surface area contributed by atoms with Crippen LogP contribution in [0.3, 0.4) is 0 Å². The van der Waals surface area contributed by atoms with Gasteiger partial charge in [0.15, 0.2) is 0 Å². The van der Waals surface area contributed by atoms with E-state index in [1.165, 1.54) is 6.07 Å². The van der Waals surface area contributed by atoms with Crippen molar-refractivity contribution in [2.24, 2.45) is 5.73 Å². The van der Waals surface area contributed by atoms with Crippen molar-refractivity contribution in [2.75, 3.05) is 16.4 Å². The lowest BCUT2D eigenvalue weighted by molar-refractivity contribution is 0.100. The molecule has 6 N–H and O–H groups in total. The molecular weight excluding hydrogens is 256 g/mol. The Kier molecular flexibility index (Phi) is 3.85. The third-order valence-electron chi connectivity index (χ3n) is 2.57. The number of anilines is 3. The predicted octanol–water partition coefficient (Wildman–Crippen LogP) is 2.01. The van der Waals surface area contributed by atoms with Crippen molar-refractivity contribution in [1.29, 1.82) is 0 Å². The highest BCUT2D eigenvalue weighted by atomic mass is 16.2. The highest BCUT2D eigenvalue weighted by Crippen LogP contribution is 2.13. The van der Waals surface area contributed by atoms with Crippen molar-refractivity contribution >= 4 is 29.0 Å². The molecule has 0 aliphatic rings. The van der Waals surface area contributed by atoms with E-state index in [1.54, 1.807) is 42.5 Å². The highest BCUT2D eigenvalue weighted by molar-refractivity contribution is 6.01. The van der Waals surface area contributed by atoms with Crippen LogP contribution in [0.1, 0.15) is 10.4 Å². The molecule has 0 aromatic heterocycles. The van der Waals surface area contributed by atoms with Crippen LogP contribution in [-0.2, 0) is 0 Å². The first kappa shape index (κ1) is 13.4. The molecule has 0 aliphatic heterocycles. The molecule has 2 aromatic carbocycles. The average Bonchev–Trinajstić information content (AvgIpc) is 2.41. The largest absolute Gasteiger partial charge is 0.399 e. The Balaban J connectivity index is 2.02. The minimum absolute atomic E-state index is 0.329. The molecular formula is C14H14N4O2. The predicted molar refractivity (Wildman–Crippen MR) is 78.5 cm³/mol. The Hall–Kier alpha value is -3.02. The van der Waals surface area contributed by atoms with E-state index < -0.39 is 11.9 Å². The maximum atomic E-state index is 11.8. The first-order chi connectivity index (χ1) is 9.54. The second-order valence-electron chi connectivity index (χ2n) is 4.15. The quantitative estimate of drug-likeness (QED) is 0.640. The topological polar surface area (TPSA) is 110 Å². The van der Waals surface area contributed by atoms with Gasteiger partial charge >= 0.3 is 6.03 Å². The van der Waals surface area contributed by atoms with Crippen molar-refractivity contribution < 1.29 is 9.59 Å². The van der Waals surface area contributed by atoms with Crippen LogP contribution in [-0.4, -0.2) is 11.9 Å². The van der Waals surface area contributed by atoms with Gasteiger partial charge in [0, 0.05) is 22.6 Å². The summed E-state index contributed by atoms with van der Waals surface area (Å²) in [6, 6.07) is 12.7. The van der Waals surface area contributed by atoms with E-state index in [9.17, 15) is 9.59 Å². The van der Waals surface area contributed by atoms with Crippen LogP contribution in [0.4, 0.5) is 21.9 Å². The van der Waals surface area contributed by atoms with E-state index in [0.29, 0.717) is 22.6 Å². The van der Waals surface area contributed by atoms with Crippen molar-refractivity contribution in [1.82, 2.24) is 0 Å². The first-order valence-electron chi connectivity index (χ1n) is 5.88. The van der Waals surface area contributed by atoms with Gasteiger partial charge in [-0.2, -0.15) is 0 Å². The summed E-state index contributed by atoms with van der Waals surface area (Å²) in [6.07, 6.45) is 0. The number of amides is 3. The van der Waals surface area contributed by atoms with Crippen LogP contribution in [0.25, 0.3) is 0 Å². The number of carbonyl (C=O) groups is 2. The SMILES string of the molecule is NC(=O)c1cccc(NC(=O)Nc2ccc(N)cc2)c1. The van der Waals surface area contributed by atoms with Crippen LogP contribution in [0.2, 0.25) is 0 Å². The Morgan fingerprint density at radius 2 is 1.55 bits per heavy atom. The number of rotatable bonds is 3. The van der Waals surface area contributed by atoms with E-state index in [0.717, 1.165) is 0 Å². The summed E-state index contributed by atoms with van der Waals surface area (Å²) < 4.78 is 0. The molecule has 102 valence electrons. The lowest BCUT2D eigenvalue weighted by atomic mass is 10.2. The number of nitrogen functional groups attached to an aromatic ring is 1. The number of carbonyl (C=O) groups excluding carboxylic acids is 2. The van der Waals surface area contributed by atoms with Gasteiger partial charge in [-0.15, -0.1) is 0 Å². The second-order valence-corrected chi connectivity index (χ2v) is 4.15. The van der Waals surface area contributed by atoms with Crippen molar-refractivity contribution in [2.45, 2.75) is 0 Å². The smallest absolute Gasteiger partial charge is 0.323 e. The van der Waals surface area contributed by atoms with Crippen molar-refractivity contribution in [3.05, 3.63) is 54.1 Å². The number of primary amides is 1. The van der Waals surface area contributed by atoms with E-state index in [-0.39, 0.29) is 0 Å². The zero-order chi connectivity index (χ0) is 14.5. The van der Waals surface area contributed by atoms with Gasteiger partial charge in [-0.05, 0) is 42.5 Å². The molecule has 0 unspecified atom stereocenters. The summed E-state index contributed by atoms with van der Waals surface area (Å²) in [5.41, 5.74) is 12.8. The normalized spacial score (nSPS) is 9.80. The molecule has 3 amide bonds. The van der Waals surface area contributed by atoms with Crippen LogP contribution in [0.5, 0.6) is 0 Å². The van der Waals surface area contributed by atoms with E-state index in [1.807, 2.05) is 0 Å². The lowest BCUT2D eigenvalue weighted by Gasteiger charge is -2.08. The molecule has 0 bridgehead atoms.